The Labute approximate surface area is 164 Å². The van der Waals surface area contributed by atoms with E-state index in [9.17, 15) is 4.79 Å². The molecular formula is C22H23N5O. The Hall–Kier alpha value is -3.28. The summed E-state index contributed by atoms with van der Waals surface area (Å²) in [6.45, 7) is 2.37. The lowest BCUT2D eigenvalue weighted by atomic mass is 10.1. The molecule has 1 aliphatic rings. The van der Waals surface area contributed by atoms with Crippen LogP contribution >= 0.6 is 0 Å². The summed E-state index contributed by atoms with van der Waals surface area (Å²) in [7, 11) is 0. The molecule has 2 aromatic heterocycles. The van der Waals surface area contributed by atoms with E-state index in [2.05, 4.69) is 19.9 Å². The van der Waals surface area contributed by atoms with Crippen molar-refractivity contribution in [3.63, 3.8) is 0 Å². The van der Waals surface area contributed by atoms with Gasteiger partial charge in [-0.15, -0.1) is 0 Å². The van der Waals surface area contributed by atoms with Gasteiger partial charge >= 0.3 is 0 Å². The number of anilines is 2. The predicted octanol–water partition coefficient (Wildman–Crippen LogP) is 3.71. The molecule has 6 nitrogen and oxygen atoms in total. The maximum atomic E-state index is 13.4. The van der Waals surface area contributed by atoms with Gasteiger partial charge in [-0.25, -0.2) is 15.0 Å². The van der Waals surface area contributed by atoms with E-state index in [0.717, 1.165) is 37.3 Å². The van der Waals surface area contributed by atoms with Gasteiger partial charge in [-0.1, -0.05) is 36.4 Å². The Balaban J connectivity index is 1.63. The molecule has 3 aromatic rings. The Morgan fingerprint density at radius 2 is 1.71 bits per heavy atom. The first-order valence-corrected chi connectivity index (χ1v) is 9.65. The van der Waals surface area contributed by atoms with Gasteiger partial charge < -0.3 is 4.90 Å². The monoisotopic (exact) mass is 373 g/mol. The minimum absolute atomic E-state index is 0.178. The van der Waals surface area contributed by atoms with E-state index in [1.165, 1.54) is 12.7 Å². The van der Waals surface area contributed by atoms with Crippen molar-refractivity contribution >= 4 is 17.5 Å². The lowest BCUT2D eigenvalue weighted by molar-refractivity contribution is 0.0979. The average Bonchev–Trinajstić information content (AvgIpc) is 2.79. The second-order valence-corrected chi connectivity index (χ2v) is 6.87. The number of hydrogen-bond donors (Lipinski definition) is 0. The number of rotatable bonds is 5. The third-order valence-electron chi connectivity index (χ3n) is 4.91. The van der Waals surface area contributed by atoms with Gasteiger partial charge in [-0.05, 0) is 37.0 Å². The Kier molecular flexibility index (Phi) is 5.56. The highest BCUT2D eigenvalue weighted by molar-refractivity contribution is 6.04. The van der Waals surface area contributed by atoms with Crippen LogP contribution in [-0.2, 0) is 6.54 Å². The summed E-state index contributed by atoms with van der Waals surface area (Å²) in [6, 6.07) is 17.3. The number of aromatic nitrogens is 3. The number of nitrogens with zero attached hydrogens (tertiary/aromatic N) is 5. The summed E-state index contributed by atoms with van der Waals surface area (Å²) in [6.07, 6.45) is 6.73. The smallest absolute Gasteiger partial charge is 0.278 e. The molecule has 0 bridgehead atoms. The molecule has 3 heterocycles. The van der Waals surface area contributed by atoms with Crippen LogP contribution in [0.25, 0.3) is 0 Å². The van der Waals surface area contributed by atoms with Crippen LogP contribution < -0.4 is 9.80 Å². The summed E-state index contributed by atoms with van der Waals surface area (Å²) < 4.78 is 0. The molecule has 0 saturated carbocycles. The largest absolute Gasteiger partial charge is 0.357 e. The van der Waals surface area contributed by atoms with E-state index in [0.29, 0.717) is 18.1 Å². The highest BCUT2D eigenvalue weighted by Gasteiger charge is 2.22. The molecule has 1 fully saturated rings. The molecule has 6 heteroatoms. The van der Waals surface area contributed by atoms with Gasteiger partial charge in [0, 0.05) is 25.4 Å². The van der Waals surface area contributed by atoms with Crippen molar-refractivity contribution < 1.29 is 4.79 Å². The fourth-order valence-corrected chi connectivity index (χ4v) is 3.43. The molecule has 0 spiro atoms. The quantitative estimate of drug-likeness (QED) is 0.682. The van der Waals surface area contributed by atoms with Gasteiger partial charge in [-0.2, -0.15) is 0 Å². The lowest BCUT2D eigenvalue weighted by Crippen LogP contribution is -2.33. The van der Waals surface area contributed by atoms with Crippen molar-refractivity contribution in [2.45, 2.75) is 25.8 Å². The standard InChI is InChI=1S/C22H23N5O/c28-22(19-15-21(25-17-24-19)26-13-7-2-8-14-26)27(20-11-5-6-12-23-20)16-18-9-3-1-4-10-18/h1,3-6,9-12,15,17H,2,7-8,13-14,16H2. The predicted molar refractivity (Wildman–Crippen MR) is 109 cm³/mol. The van der Waals surface area contributed by atoms with Gasteiger partial charge in [-0.3, -0.25) is 9.69 Å². The fourth-order valence-electron chi connectivity index (χ4n) is 3.43. The summed E-state index contributed by atoms with van der Waals surface area (Å²) >= 11 is 0. The topological polar surface area (TPSA) is 62.2 Å². The molecule has 1 aromatic carbocycles. The van der Waals surface area contributed by atoms with Crippen molar-refractivity contribution in [3.8, 4) is 0 Å². The van der Waals surface area contributed by atoms with Crippen molar-refractivity contribution in [2.75, 3.05) is 22.9 Å². The van der Waals surface area contributed by atoms with Gasteiger partial charge in [0.25, 0.3) is 5.91 Å². The maximum absolute atomic E-state index is 13.4. The molecule has 0 atom stereocenters. The first-order valence-electron chi connectivity index (χ1n) is 9.65. The maximum Gasteiger partial charge on any atom is 0.278 e. The van der Waals surface area contributed by atoms with Crippen LogP contribution in [0.4, 0.5) is 11.6 Å². The van der Waals surface area contributed by atoms with Crippen molar-refractivity contribution in [1.82, 2.24) is 15.0 Å². The zero-order valence-corrected chi connectivity index (χ0v) is 15.7. The van der Waals surface area contributed by atoms with E-state index in [1.54, 1.807) is 17.2 Å². The fraction of sp³-hybridized carbons (Fsp3) is 0.273. The van der Waals surface area contributed by atoms with Crippen molar-refractivity contribution in [2.24, 2.45) is 0 Å². The van der Waals surface area contributed by atoms with Crippen molar-refractivity contribution in [3.05, 3.63) is 78.4 Å². The molecule has 0 aliphatic carbocycles. The van der Waals surface area contributed by atoms with Crippen LogP contribution in [0.1, 0.15) is 35.3 Å². The second-order valence-electron chi connectivity index (χ2n) is 6.87. The number of carbonyl (C=O) groups excluding carboxylic acids is 1. The average molecular weight is 373 g/mol. The number of carbonyl (C=O) groups is 1. The van der Waals surface area contributed by atoms with Crippen LogP contribution in [0.3, 0.4) is 0 Å². The van der Waals surface area contributed by atoms with Gasteiger partial charge in [0.15, 0.2) is 0 Å². The Morgan fingerprint density at radius 3 is 2.46 bits per heavy atom. The Morgan fingerprint density at radius 1 is 0.929 bits per heavy atom. The molecule has 4 rings (SSSR count). The van der Waals surface area contributed by atoms with E-state index in [-0.39, 0.29) is 5.91 Å². The zero-order valence-electron chi connectivity index (χ0n) is 15.7. The van der Waals surface area contributed by atoms with E-state index in [4.69, 9.17) is 0 Å². The van der Waals surface area contributed by atoms with Crippen LogP contribution in [0.15, 0.2) is 67.1 Å². The first kappa shape index (κ1) is 18.1. The summed E-state index contributed by atoms with van der Waals surface area (Å²) in [5, 5.41) is 0. The van der Waals surface area contributed by atoms with Gasteiger partial charge in [0.2, 0.25) is 0 Å². The molecule has 0 radical (unpaired) electrons. The number of hydrogen-bond acceptors (Lipinski definition) is 5. The molecule has 1 amide bonds. The van der Waals surface area contributed by atoms with E-state index >= 15 is 0 Å². The third-order valence-corrected chi connectivity index (χ3v) is 4.91. The lowest BCUT2D eigenvalue weighted by Gasteiger charge is -2.28. The highest BCUT2D eigenvalue weighted by atomic mass is 16.2. The number of benzene rings is 1. The van der Waals surface area contributed by atoms with Crippen molar-refractivity contribution in [1.29, 1.82) is 0 Å². The third kappa shape index (κ3) is 4.17. The van der Waals surface area contributed by atoms with E-state index < -0.39 is 0 Å². The summed E-state index contributed by atoms with van der Waals surface area (Å²) in [4.78, 5) is 30.3. The molecule has 142 valence electrons. The van der Waals surface area contributed by atoms with Gasteiger partial charge in [0.05, 0.1) is 6.54 Å². The van der Waals surface area contributed by atoms with Crippen LogP contribution in [-0.4, -0.2) is 33.9 Å². The molecule has 0 N–H and O–H groups in total. The Bertz CT molecular complexity index is 910. The zero-order chi connectivity index (χ0) is 19.2. The van der Waals surface area contributed by atoms with Crippen LogP contribution in [0.5, 0.6) is 0 Å². The normalized spacial score (nSPS) is 13.9. The molecule has 1 saturated heterocycles. The molecule has 0 unspecified atom stereocenters. The molecule has 1 aliphatic heterocycles. The van der Waals surface area contributed by atoms with Crippen LogP contribution in [0, 0.1) is 0 Å². The van der Waals surface area contributed by atoms with E-state index in [1.807, 2.05) is 48.5 Å². The minimum Gasteiger partial charge on any atom is -0.357 e. The van der Waals surface area contributed by atoms with Crippen LogP contribution in [0.2, 0.25) is 0 Å². The number of amides is 1. The molecule has 28 heavy (non-hydrogen) atoms. The first-order chi connectivity index (χ1) is 13.8. The number of pyridine rings is 1. The SMILES string of the molecule is O=C(c1cc(N2CCCCC2)ncn1)N(Cc1ccccc1)c1ccccn1. The summed E-state index contributed by atoms with van der Waals surface area (Å²) in [5.41, 5.74) is 1.42. The second kappa shape index (κ2) is 8.61. The highest BCUT2D eigenvalue weighted by Crippen LogP contribution is 2.21. The number of piperidine rings is 1. The van der Waals surface area contributed by atoms with Gasteiger partial charge in [0.1, 0.15) is 23.7 Å². The molecular weight excluding hydrogens is 350 g/mol. The minimum atomic E-state index is -0.178. The summed E-state index contributed by atoms with van der Waals surface area (Å²) in [5.74, 6) is 1.25.